The lowest BCUT2D eigenvalue weighted by molar-refractivity contribution is 0.276. The number of aliphatic hydroxyl groups excluding tert-OH is 1. The van der Waals surface area contributed by atoms with Crippen LogP contribution in [-0.4, -0.2) is 5.11 Å². The van der Waals surface area contributed by atoms with Crippen molar-refractivity contribution in [2.24, 2.45) is 0 Å². The van der Waals surface area contributed by atoms with Crippen LogP contribution in [-0.2, 0) is 6.61 Å². The Morgan fingerprint density at radius 1 is 0.810 bits per heavy atom. The Bertz CT molecular complexity index is 800. The van der Waals surface area contributed by atoms with E-state index in [1.807, 2.05) is 48.5 Å². The van der Waals surface area contributed by atoms with E-state index in [0.29, 0.717) is 5.75 Å². The zero-order chi connectivity index (χ0) is 14.8. The van der Waals surface area contributed by atoms with Crippen LogP contribution in [0.3, 0.4) is 0 Å². The number of ether oxygens (including phenoxy) is 1. The molecule has 2 nitrogen and oxygen atoms in total. The van der Waals surface area contributed by atoms with Crippen molar-refractivity contribution in [2.75, 3.05) is 0 Å². The fourth-order valence-corrected chi connectivity index (χ4v) is 2.86. The molecule has 0 unspecified atom stereocenters. The van der Waals surface area contributed by atoms with Gasteiger partial charge in [0.1, 0.15) is 11.5 Å². The van der Waals surface area contributed by atoms with Crippen LogP contribution >= 0.6 is 31.9 Å². The summed E-state index contributed by atoms with van der Waals surface area (Å²) in [7, 11) is 0. The average Bonchev–Trinajstić information content (AvgIpc) is 2.48. The van der Waals surface area contributed by atoms with Gasteiger partial charge in [-0.2, -0.15) is 0 Å². The summed E-state index contributed by atoms with van der Waals surface area (Å²) in [6, 6.07) is 17.6. The van der Waals surface area contributed by atoms with Gasteiger partial charge >= 0.3 is 0 Å². The highest BCUT2D eigenvalue weighted by molar-refractivity contribution is 9.10. The van der Waals surface area contributed by atoms with Crippen LogP contribution in [0.15, 0.2) is 63.5 Å². The first-order valence-electron chi connectivity index (χ1n) is 6.42. The van der Waals surface area contributed by atoms with Gasteiger partial charge in [0.25, 0.3) is 0 Å². The van der Waals surface area contributed by atoms with E-state index < -0.39 is 0 Å². The third-order valence-corrected chi connectivity index (χ3v) is 4.19. The summed E-state index contributed by atoms with van der Waals surface area (Å²) >= 11 is 6.89. The molecule has 4 heteroatoms. The molecule has 0 radical (unpaired) electrons. The van der Waals surface area contributed by atoms with Crippen LogP contribution in [0.2, 0.25) is 0 Å². The van der Waals surface area contributed by atoms with Crippen molar-refractivity contribution >= 4 is 42.6 Å². The molecule has 0 saturated carbocycles. The number of hydrogen-bond donors (Lipinski definition) is 1. The molecule has 0 bridgehead atoms. The second-order valence-corrected chi connectivity index (χ2v) is 6.50. The average molecular weight is 408 g/mol. The second kappa shape index (κ2) is 6.18. The highest BCUT2D eigenvalue weighted by atomic mass is 79.9. The van der Waals surface area contributed by atoms with Gasteiger partial charge in [0.2, 0.25) is 0 Å². The van der Waals surface area contributed by atoms with Crippen LogP contribution in [0, 0.1) is 0 Å². The van der Waals surface area contributed by atoms with E-state index in [-0.39, 0.29) is 6.61 Å². The summed E-state index contributed by atoms with van der Waals surface area (Å²) in [5.74, 6) is 1.40. The van der Waals surface area contributed by atoms with E-state index in [1.165, 1.54) is 0 Å². The maximum Gasteiger partial charge on any atom is 0.134 e. The van der Waals surface area contributed by atoms with Crippen LogP contribution in [0.5, 0.6) is 11.5 Å². The fourth-order valence-electron chi connectivity index (χ4n) is 2.14. The summed E-state index contributed by atoms with van der Waals surface area (Å²) in [5, 5.41) is 11.6. The van der Waals surface area contributed by atoms with Crippen molar-refractivity contribution in [3.8, 4) is 11.5 Å². The third kappa shape index (κ3) is 3.28. The summed E-state index contributed by atoms with van der Waals surface area (Å²) in [6.07, 6.45) is 0. The molecule has 0 heterocycles. The standard InChI is InChI=1S/C17H12Br2O2/c18-14-4-1-12-8-16(6-3-11(12)7-14)21-17-9-15(19)5-2-13(17)10-20/h1-9,20H,10H2. The monoisotopic (exact) mass is 406 g/mol. The van der Waals surface area contributed by atoms with Gasteiger partial charge in [-0.1, -0.05) is 50.1 Å². The molecule has 0 fully saturated rings. The summed E-state index contributed by atoms with van der Waals surface area (Å²) in [5.41, 5.74) is 0.758. The van der Waals surface area contributed by atoms with Gasteiger partial charge in [0.05, 0.1) is 6.61 Å². The van der Waals surface area contributed by atoms with Gasteiger partial charge in [-0.3, -0.25) is 0 Å². The molecule has 0 aromatic heterocycles. The molecule has 0 spiro atoms. The van der Waals surface area contributed by atoms with Crippen molar-refractivity contribution in [3.05, 3.63) is 69.1 Å². The molecule has 21 heavy (non-hydrogen) atoms. The normalized spacial score (nSPS) is 10.8. The van der Waals surface area contributed by atoms with Gasteiger partial charge < -0.3 is 9.84 Å². The molecule has 1 N–H and O–H groups in total. The fraction of sp³-hybridized carbons (Fsp3) is 0.0588. The molecule has 0 saturated heterocycles. The molecule has 0 aliphatic carbocycles. The Morgan fingerprint density at radius 2 is 1.48 bits per heavy atom. The Balaban J connectivity index is 1.98. The van der Waals surface area contributed by atoms with Crippen LogP contribution in [0.25, 0.3) is 10.8 Å². The first-order valence-corrected chi connectivity index (χ1v) is 8.01. The lowest BCUT2D eigenvalue weighted by atomic mass is 10.1. The quantitative estimate of drug-likeness (QED) is 0.607. The number of aliphatic hydroxyl groups is 1. The molecule has 0 aliphatic heterocycles. The zero-order valence-corrected chi connectivity index (χ0v) is 14.2. The van der Waals surface area contributed by atoms with Gasteiger partial charge in [-0.25, -0.2) is 0 Å². The number of rotatable bonds is 3. The van der Waals surface area contributed by atoms with Crippen molar-refractivity contribution in [1.82, 2.24) is 0 Å². The van der Waals surface area contributed by atoms with E-state index in [9.17, 15) is 5.11 Å². The minimum absolute atomic E-state index is 0.0524. The Hall–Kier alpha value is -1.36. The number of benzene rings is 3. The van der Waals surface area contributed by atoms with E-state index in [0.717, 1.165) is 31.0 Å². The maximum atomic E-state index is 9.39. The molecule has 0 atom stereocenters. The van der Waals surface area contributed by atoms with Crippen LogP contribution in [0.1, 0.15) is 5.56 Å². The number of hydrogen-bond acceptors (Lipinski definition) is 2. The number of fused-ring (bicyclic) bond motifs is 1. The van der Waals surface area contributed by atoms with Crippen molar-refractivity contribution < 1.29 is 9.84 Å². The van der Waals surface area contributed by atoms with E-state index in [4.69, 9.17) is 4.74 Å². The SMILES string of the molecule is OCc1ccc(Br)cc1Oc1ccc2cc(Br)ccc2c1. The predicted molar refractivity (Wildman–Crippen MR) is 91.8 cm³/mol. The number of halogens is 2. The summed E-state index contributed by atoms with van der Waals surface area (Å²) in [6.45, 7) is -0.0524. The largest absolute Gasteiger partial charge is 0.457 e. The molecular formula is C17H12Br2O2. The molecule has 3 aromatic carbocycles. The van der Waals surface area contributed by atoms with Gasteiger partial charge in [-0.05, 0) is 47.2 Å². The van der Waals surface area contributed by atoms with E-state index >= 15 is 0 Å². The minimum atomic E-state index is -0.0524. The molecular weight excluding hydrogens is 396 g/mol. The summed E-state index contributed by atoms with van der Waals surface area (Å²) in [4.78, 5) is 0. The van der Waals surface area contributed by atoms with E-state index in [2.05, 4.69) is 37.9 Å². The zero-order valence-electron chi connectivity index (χ0n) is 11.0. The first-order chi connectivity index (χ1) is 10.2. The third-order valence-electron chi connectivity index (χ3n) is 3.20. The molecule has 3 aromatic rings. The topological polar surface area (TPSA) is 29.5 Å². The molecule has 0 aliphatic rings. The molecule has 3 rings (SSSR count). The molecule has 106 valence electrons. The lowest BCUT2D eigenvalue weighted by Gasteiger charge is -2.11. The first kappa shape index (κ1) is 14.6. The highest BCUT2D eigenvalue weighted by Gasteiger charge is 2.06. The van der Waals surface area contributed by atoms with Crippen molar-refractivity contribution in [2.45, 2.75) is 6.61 Å². The smallest absolute Gasteiger partial charge is 0.134 e. The van der Waals surface area contributed by atoms with Gasteiger partial charge in [0, 0.05) is 14.5 Å². The predicted octanol–water partition coefficient (Wildman–Crippen LogP) is 5.65. The Kier molecular flexibility index (Phi) is 4.29. The van der Waals surface area contributed by atoms with Crippen molar-refractivity contribution in [3.63, 3.8) is 0 Å². The van der Waals surface area contributed by atoms with Gasteiger partial charge in [-0.15, -0.1) is 0 Å². The van der Waals surface area contributed by atoms with Gasteiger partial charge in [0.15, 0.2) is 0 Å². The lowest BCUT2D eigenvalue weighted by Crippen LogP contribution is -1.91. The van der Waals surface area contributed by atoms with Crippen molar-refractivity contribution in [1.29, 1.82) is 0 Å². The maximum absolute atomic E-state index is 9.39. The van der Waals surface area contributed by atoms with E-state index in [1.54, 1.807) is 0 Å². The minimum Gasteiger partial charge on any atom is -0.457 e. The highest BCUT2D eigenvalue weighted by Crippen LogP contribution is 2.31. The Labute approximate surface area is 139 Å². The second-order valence-electron chi connectivity index (χ2n) is 4.67. The summed E-state index contributed by atoms with van der Waals surface area (Å²) < 4.78 is 7.89. The van der Waals surface area contributed by atoms with Crippen LogP contribution in [0.4, 0.5) is 0 Å². The molecule has 0 amide bonds. The Morgan fingerprint density at radius 3 is 2.29 bits per heavy atom. The van der Waals surface area contributed by atoms with Crippen LogP contribution < -0.4 is 4.74 Å².